The molecule has 0 radical (unpaired) electrons. The van der Waals surface area contributed by atoms with Gasteiger partial charge in [-0.1, -0.05) is 42.5 Å². The molecule has 6 heteroatoms. The second kappa shape index (κ2) is 7.37. The Morgan fingerprint density at radius 3 is 2.74 bits per heavy atom. The molecular weight excluding hydrogens is 338 g/mol. The third-order valence-corrected chi connectivity index (χ3v) is 4.44. The molecule has 0 aliphatic carbocycles. The maximum Gasteiger partial charge on any atom is 0.224 e. The van der Waals surface area contributed by atoms with Crippen LogP contribution in [0.4, 0.5) is 0 Å². The molecule has 0 spiro atoms. The molecule has 2 heterocycles. The Hall–Kier alpha value is -3.54. The summed E-state index contributed by atoms with van der Waals surface area (Å²) in [4.78, 5) is 21.3. The molecule has 134 valence electrons. The van der Waals surface area contributed by atoms with Gasteiger partial charge in [0.05, 0.1) is 30.6 Å². The highest BCUT2D eigenvalue weighted by Crippen LogP contribution is 2.20. The normalized spacial score (nSPS) is 10.9. The minimum atomic E-state index is -0.0471. The van der Waals surface area contributed by atoms with E-state index in [1.165, 1.54) is 0 Å². The zero-order valence-electron chi connectivity index (χ0n) is 15.0. The molecule has 1 N–H and O–H groups in total. The van der Waals surface area contributed by atoms with Crippen LogP contribution < -0.4 is 5.32 Å². The van der Waals surface area contributed by atoms with E-state index in [0.29, 0.717) is 13.0 Å². The molecule has 4 rings (SSSR count). The number of amides is 1. The fraction of sp³-hybridized carbons (Fsp3) is 0.143. The Morgan fingerprint density at radius 1 is 1.07 bits per heavy atom. The Labute approximate surface area is 156 Å². The van der Waals surface area contributed by atoms with Crippen molar-refractivity contribution < 1.29 is 4.79 Å². The van der Waals surface area contributed by atoms with E-state index in [4.69, 9.17) is 0 Å². The van der Waals surface area contributed by atoms with Crippen LogP contribution in [0.3, 0.4) is 0 Å². The number of rotatable bonds is 5. The summed E-state index contributed by atoms with van der Waals surface area (Å²) in [6, 6.07) is 14.1. The zero-order chi connectivity index (χ0) is 18.6. The molecule has 6 nitrogen and oxygen atoms in total. The highest BCUT2D eigenvalue weighted by atomic mass is 16.1. The quantitative estimate of drug-likeness (QED) is 0.596. The van der Waals surface area contributed by atoms with Gasteiger partial charge < -0.3 is 5.32 Å². The van der Waals surface area contributed by atoms with E-state index >= 15 is 0 Å². The van der Waals surface area contributed by atoms with Crippen molar-refractivity contribution in [3.05, 3.63) is 78.5 Å². The molecule has 0 bridgehead atoms. The first-order valence-electron chi connectivity index (χ1n) is 8.73. The Balaban J connectivity index is 1.49. The summed E-state index contributed by atoms with van der Waals surface area (Å²) >= 11 is 0. The van der Waals surface area contributed by atoms with Crippen molar-refractivity contribution in [2.45, 2.75) is 13.0 Å². The average Bonchev–Trinajstić information content (AvgIpc) is 3.13. The molecule has 27 heavy (non-hydrogen) atoms. The summed E-state index contributed by atoms with van der Waals surface area (Å²) in [7, 11) is 1.85. The lowest BCUT2D eigenvalue weighted by atomic mass is 10.0. The lowest BCUT2D eigenvalue weighted by Crippen LogP contribution is -2.25. The molecule has 0 saturated carbocycles. The van der Waals surface area contributed by atoms with E-state index in [2.05, 4.69) is 32.5 Å². The van der Waals surface area contributed by atoms with Crippen LogP contribution in [0.2, 0.25) is 0 Å². The molecule has 2 aromatic carbocycles. The summed E-state index contributed by atoms with van der Waals surface area (Å²) in [6.07, 6.45) is 7.22. The Kier molecular flexibility index (Phi) is 4.61. The second-order valence-corrected chi connectivity index (χ2v) is 6.35. The molecule has 0 unspecified atom stereocenters. The van der Waals surface area contributed by atoms with Gasteiger partial charge in [0, 0.05) is 31.2 Å². The number of nitrogens with zero attached hydrogens (tertiary/aromatic N) is 4. The second-order valence-electron chi connectivity index (χ2n) is 6.35. The van der Waals surface area contributed by atoms with Gasteiger partial charge in [0.1, 0.15) is 0 Å². The molecule has 0 fully saturated rings. The first-order valence-corrected chi connectivity index (χ1v) is 8.73. The summed E-state index contributed by atoms with van der Waals surface area (Å²) in [5.41, 5.74) is 3.34. The van der Waals surface area contributed by atoms with Gasteiger partial charge in [-0.3, -0.25) is 19.4 Å². The van der Waals surface area contributed by atoms with Gasteiger partial charge in [0.25, 0.3) is 0 Å². The number of fused-ring (bicyclic) bond motifs is 1. The smallest absolute Gasteiger partial charge is 0.224 e. The number of hydrogen-bond acceptors (Lipinski definition) is 4. The van der Waals surface area contributed by atoms with Gasteiger partial charge in [0.2, 0.25) is 5.91 Å². The summed E-state index contributed by atoms with van der Waals surface area (Å²) in [6.45, 7) is 0.321. The maximum absolute atomic E-state index is 12.5. The van der Waals surface area contributed by atoms with E-state index in [-0.39, 0.29) is 5.91 Å². The van der Waals surface area contributed by atoms with Crippen molar-refractivity contribution in [3.8, 4) is 11.3 Å². The first kappa shape index (κ1) is 16.9. The minimum Gasteiger partial charge on any atom is -0.350 e. The van der Waals surface area contributed by atoms with E-state index in [0.717, 1.165) is 33.3 Å². The lowest BCUT2D eigenvalue weighted by molar-refractivity contribution is -0.120. The fourth-order valence-electron chi connectivity index (χ4n) is 3.15. The highest BCUT2D eigenvalue weighted by molar-refractivity contribution is 5.90. The van der Waals surface area contributed by atoms with Crippen molar-refractivity contribution in [3.63, 3.8) is 0 Å². The zero-order valence-corrected chi connectivity index (χ0v) is 15.0. The summed E-state index contributed by atoms with van der Waals surface area (Å²) in [5, 5.41) is 9.37. The average molecular weight is 357 g/mol. The van der Waals surface area contributed by atoms with Crippen LogP contribution in [-0.4, -0.2) is 25.7 Å². The highest BCUT2D eigenvalue weighted by Gasteiger charge is 2.12. The topological polar surface area (TPSA) is 72.7 Å². The number of carbonyl (C=O) groups is 1. The first-order chi connectivity index (χ1) is 13.2. The van der Waals surface area contributed by atoms with Gasteiger partial charge in [0.15, 0.2) is 0 Å². The van der Waals surface area contributed by atoms with Crippen LogP contribution in [-0.2, 0) is 24.8 Å². The molecule has 0 aliphatic heterocycles. The molecule has 0 atom stereocenters. The SMILES string of the molecule is Cn1cc(-c2nccnc2CNC(=O)Cc2cccc3ccccc23)cn1. The molecule has 1 amide bonds. The van der Waals surface area contributed by atoms with E-state index in [1.807, 2.05) is 43.6 Å². The van der Waals surface area contributed by atoms with Crippen LogP contribution in [0, 0.1) is 0 Å². The standard InChI is InChI=1S/C21H19N5O/c1-26-14-17(12-25-26)21-19(22-9-10-23-21)13-24-20(27)11-16-7-4-6-15-5-2-3-8-18(15)16/h2-10,12,14H,11,13H2,1H3,(H,24,27). The molecule has 4 aromatic rings. The number of hydrogen-bond donors (Lipinski definition) is 1. The van der Waals surface area contributed by atoms with Gasteiger partial charge >= 0.3 is 0 Å². The van der Waals surface area contributed by atoms with Gasteiger partial charge in [-0.2, -0.15) is 5.10 Å². The van der Waals surface area contributed by atoms with E-state index < -0.39 is 0 Å². The summed E-state index contributed by atoms with van der Waals surface area (Å²) in [5.74, 6) is -0.0471. The van der Waals surface area contributed by atoms with Gasteiger partial charge in [-0.15, -0.1) is 0 Å². The van der Waals surface area contributed by atoms with Crippen molar-refractivity contribution in [2.75, 3.05) is 0 Å². The minimum absolute atomic E-state index is 0.0471. The largest absolute Gasteiger partial charge is 0.350 e. The van der Waals surface area contributed by atoms with Crippen molar-refractivity contribution in [2.24, 2.45) is 7.05 Å². The fourth-order valence-corrected chi connectivity index (χ4v) is 3.15. The third-order valence-electron chi connectivity index (χ3n) is 4.44. The monoisotopic (exact) mass is 357 g/mol. The predicted octanol–water partition coefficient (Wildman–Crippen LogP) is 2.89. The van der Waals surface area contributed by atoms with Crippen LogP contribution in [0.15, 0.2) is 67.3 Å². The number of carbonyl (C=O) groups excluding carboxylic acids is 1. The number of aryl methyl sites for hydroxylation is 1. The van der Waals surface area contributed by atoms with Crippen LogP contribution >= 0.6 is 0 Å². The predicted molar refractivity (Wildman–Crippen MR) is 104 cm³/mol. The lowest BCUT2D eigenvalue weighted by Gasteiger charge is -2.09. The van der Waals surface area contributed by atoms with Crippen molar-refractivity contribution in [1.82, 2.24) is 25.1 Å². The van der Waals surface area contributed by atoms with Crippen molar-refractivity contribution in [1.29, 1.82) is 0 Å². The van der Waals surface area contributed by atoms with Crippen LogP contribution in [0.1, 0.15) is 11.3 Å². The Morgan fingerprint density at radius 2 is 1.89 bits per heavy atom. The Bertz CT molecular complexity index is 1100. The molecule has 0 aliphatic rings. The van der Waals surface area contributed by atoms with Crippen molar-refractivity contribution >= 4 is 16.7 Å². The van der Waals surface area contributed by atoms with Gasteiger partial charge in [-0.05, 0) is 16.3 Å². The summed E-state index contributed by atoms with van der Waals surface area (Å²) < 4.78 is 1.72. The maximum atomic E-state index is 12.5. The molecule has 0 saturated heterocycles. The van der Waals surface area contributed by atoms with Crippen LogP contribution in [0.25, 0.3) is 22.0 Å². The van der Waals surface area contributed by atoms with E-state index in [9.17, 15) is 4.79 Å². The van der Waals surface area contributed by atoms with E-state index in [1.54, 1.807) is 23.3 Å². The molecular formula is C21H19N5O. The number of nitrogens with one attached hydrogen (secondary N) is 1. The van der Waals surface area contributed by atoms with Crippen LogP contribution in [0.5, 0.6) is 0 Å². The molecule has 2 aromatic heterocycles. The third kappa shape index (κ3) is 3.69. The number of aromatic nitrogens is 4. The number of benzene rings is 2. The van der Waals surface area contributed by atoms with Gasteiger partial charge in [-0.25, -0.2) is 0 Å².